The van der Waals surface area contributed by atoms with Crippen molar-refractivity contribution in [3.05, 3.63) is 29.8 Å². The Labute approximate surface area is 60.2 Å². The summed E-state index contributed by atoms with van der Waals surface area (Å²) in [5, 5.41) is 0. The first-order valence-corrected chi connectivity index (χ1v) is 3.47. The number of para-hydroxylation sites is 1. The van der Waals surface area contributed by atoms with Gasteiger partial charge < -0.3 is 5.43 Å². The maximum Gasteiger partial charge on any atom is 0.0536 e. The molecule has 1 aromatic carbocycles. The van der Waals surface area contributed by atoms with Crippen LogP contribution in [0, 0.1) is 0 Å². The molecule has 0 saturated heterocycles. The van der Waals surface area contributed by atoms with E-state index in [-0.39, 0.29) is 0 Å². The zero-order valence-electron chi connectivity index (χ0n) is 5.67. The SMILES string of the molecule is c1ccc2c(c1)CC[N]N2. The van der Waals surface area contributed by atoms with Gasteiger partial charge in [-0.3, -0.25) is 0 Å². The third kappa shape index (κ3) is 0.866. The molecule has 10 heavy (non-hydrogen) atoms. The van der Waals surface area contributed by atoms with E-state index < -0.39 is 0 Å². The highest BCUT2D eigenvalue weighted by molar-refractivity contribution is 5.51. The smallest absolute Gasteiger partial charge is 0.0536 e. The van der Waals surface area contributed by atoms with E-state index in [0.717, 1.165) is 18.7 Å². The molecule has 51 valence electrons. The summed E-state index contributed by atoms with van der Waals surface area (Å²) in [7, 11) is 0. The van der Waals surface area contributed by atoms with Gasteiger partial charge in [0.05, 0.1) is 5.69 Å². The number of hydrogen-bond acceptors (Lipinski definition) is 1. The minimum atomic E-state index is 0.900. The van der Waals surface area contributed by atoms with Crippen LogP contribution in [0.3, 0.4) is 0 Å². The summed E-state index contributed by atoms with van der Waals surface area (Å²) in [4.78, 5) is 0. The van der Waals surface area contributed by atoms with Crippen LogP contribution in [-0.2, 0) is 6.42 Å². The Balaban J connectivity index is 2.41. The summed E-state index contributed by atoms with van der Waals surface area (Å²) in [6.45, 7) is 0.900. The molecule has 0 bridgehead atoms. The van der Waals surface area contributed by atoms with Crippen LogP contribution in [0.1, 0.15) is 5.56 Å². The van der Waals surface area contributed by atoms with Crippen molar-refractivity contribution in [1.82, 2.24) is 5.43 Å². The van der Waals surface area contributed by atoms with Crippen LogP contribution in [0.4, 0.5) is 5.69 Å². The van der Waals surface area contributed by atoms with E-state index in [1.807, 2.05) is 6.07 Å². The number of nitrogens with one attached hydrogen (secondary N) is 1. The Morgan fingerprint density at radius 2 is 2.20 bits per heavy atom. The molecule has 0 atom stereocenters. The molecule has 1 aliphatic rings. The van der Waals surface area contributed by atoms with Gasteiger partial charge >= 0.3 is 0 Å². The molecule has 2 heteroatoms. The Bertz CT molecular complexity index is 207. The van der Waals surface area contributed by atoms with E-state index in [1.54, 1.807) is 0 Å². The highest BCUT2D eigenvalue weighted by atomic mass is 15.4. The third-order valence-corrected chi connectivity index (χ3v) is 1.71. The second kappa shape index (κ2) is 2.31. The van der Waals surface area contributed by atoms with Crippen molar-refractivity contribution in [2.75, 3.05) is 12.0 Å². The Morgan fingerprint density at radius 1 is 1.30 bits per heavy atom. The molecule has 0 amide bonds. The zero-order chi connectivity index (χ0) is 6.81. The molecular formula is C8H9N2. The van der Waals surface area contributed by atoms with E-state index in [4.69, 9.17) is 0 Å². The quantitative estimate of drug-likeness (QED) is 0.565. The summed E-state index contributed by atoms with van der Waals surface area (Å²) >= 11 is 0. The number of anilines is 1. The van der Waals surface area contributed by atoms with Crippen molar-refractivity contribution in [2.24, 2.45) is 0 Å². The number of nitrogens with zero attached hydrogens (tertiary/aromatic N) is 1. The maximum atomic E-state index is 4.07. The van der Waals surface area contributed by atoms with Gasteiger partial charge in [0, 0.05) is 6.54 Å². The molecule has 0 fully saturated rings. The van der Waals surface area contributed by atoms with Crippen LogP contribution in [0.15, 0.2) is 24.3 Å². The molecule has 0 aromatic heterocycles. The molecular weight excluding hydrogens is 124 g/mol. The molecule has 0 aliphatic carbocycles. The summed E-state index contributed by atoms with van der Waals surface area (Å²) in [6, 6.07) is 8.27. The van der Waals surface area contributed by atoms with Gasteiger partial charge in [0.2, 0.25) is 0 Å². The van der Waals surface area contributed by atoms with Gasteiger partial charge in [0.1, 0.15) is 0 Å². The van der Waals surface area contributed by atoms with Crippen LogP contribution < -0.4 is 10.9 Å². The second-order valence-electron chi connectivity index (χ2n) is 2.40. The molecule has 1 radical (unpaired) electrons. The minimum absolute atomic E-state index is 0.900. The lowest BCUT2D eigenvalue weighted by molar-refractivity contribution is 0.733. The van der Waals surface area contributed by atoms with Crippen LogP contribution in [0.2, 0.25) is 0 Å². The summed E-state index contributed by atoms with van der Waals surface area (Å²) in [6.07, 6.45) is 1.07. The van der Waals surface area contributed by atoms with Gasteiger partial charge in [-0.2, -0.15) is 0 Å². The summed E-state index contributed by atoms with van der Waals surface area (Å²) < 4.78 is 0. The highest BCUT2D eigenvalue weighted by Gasteiger charge is 2.05. The van der Waals surface area contributed by atoms with Crippen molar-refractivity contribution >= 4 is 5.69 Å². The van der Waals surface area contributed by atoms with Crippen molar-refractivity contribution in [3.63, 3.8) is 0 Å². The van der Waals surface area contributed by atoms with Gasteiger partial charge in [-0.1, -0.05) is 18.2 Å². The van der Waals surface area contributed by atoms with E-state index in [0.29, 0.717) is 0 Å². The van der Waals surface area contributed by atoms with Crippen molar-refractivity contribution in [1.29, 1.82) is 0 Å². The number of hydrogen-bond donors (Lipinski definition) is 1. The van der Waals surface area contributed by atoms with Crippen LogP contribution in [-0.4, -0.2) is 6.54 Å². The second-order valence-corrected chi connectivity index (χ2v) is 2.40. The molecule has 0 saturated carbocycles. The van der Waals surface area contributed by atoms with E-state index in [9.17, 15) is 0 Å². The average Bonchev–Trinajstić information content (AvgIpc) is 2.05. The average molecular weight is 133 g/mol. The van der Waals surface area contributed by atoms with E-state index >= 15 is 0 Å². The zero-order valence-corrected chi connectivity index (χ0v) is 5.67. The van der Waals surface area contributed by atoms with Crippen LogP contribution in [0.5, 0.6) is 0 Å². The number of fused-ring (bicyclic) bond motifs is 1. The molecule has 1 heterocycles. The van der Waals surface area contributed by atoms with E-state index in [1.165, 1.54) is 5.56 Å². The monoisotopic (exact) mass is 133 g/mol. The lowest BCUT2D eigenvalue weighted by Gasteiger charge is -2.15. The molecule has 2 nitrogen and oxygen atoms in total. The lowest BCUT2D eigenvalue weighted by atomic mass is 10.1. The molecule has 1 aromatic rings. The Kier molecular flexibility index (Phi) is 1.32. The first-order valence-electron chi connectivity index (χ1n) is 3.47. The van der Waals surface area contributed by atoms with E-state index in [2.05, 4.69) is 29.1 Å². The third-order valence-electron chi connectivity index (χ3n) is 1.71. The Hall–Kier alpha value is -1.02. The van der Waals surface area contributed by atoms with Gasteiger partial charge in [0.15, 0.2) is 0 Å². The van der Waals surface area contributed by atoms with Crippen LogP contribution in [0.25, 0.3) is 0 Å². The van der Waals surface area contributed by atoms with Crippen molar-refractivity contribution < 1.29 is 0 Å². The van der Waals surface area contributed by atoms with Gasteiger partial charge in [-0.05, 0) is 18.1 Å². The standard InChI is InChI=1S/C8H9N2/c1-2-4-8-7(3-1)5-6-9-10-8/h1-4,10H,5-6H2. The Morgan fingerprint density at radius 3 is 3.10 bits per heavy atom. The normalized spacial score (nSPS) is 15.6. The molecule has 0 spiro atoms. The minimum Gasteiger partial charge on any atom is -0.304 e. The fourth-order valence-corrected chi connectivity index (χ4v) is 1.16. The fraction of sp³-hybridized carbons (Fsp3) is 0.250. The molecule has 1 aliphatic heterocycles. The van der Waals surface area contributed by atoms with Gasteiger partial charge in [0.25, 0.3) is 0 Å². The summed E-state index contributed by atoms with van der Waals surface area (Å²) in [5.41, 5.74) is 9.59. The number of benzene rings is 1. The predicted molar refractivity (Wildman–Crippen MR) is 40.8 cm³/mol. The summed E-state index contributed by atoms with van der Waals surface area (Å²) in [5.74, 6) is 0. The highest BCUT2D eigenvalue weighted by Crippen LogP contribution is 2.16. The first kappa shape index (κ1) is 5.74. The molecule has 1 N–H and O–H groups in total. The lowest BCUT2D eigenvalue weighted by Crippen LogP contribution is -2.22. The topological polar surface area (TPSA) is 26.1 Å². The van der Waals surface area contributed by atoms with Gasteiger partial charge in [-0.25, -0.2) is 0 Å². The molecule has 2 rings (SSSR count). The maximum absolute atomic E-state index is 4.07. The first-order chi connectivity index (χ1) is 4.97. The van der Waals surface area contributed by atoms with Crippen molar-refractivity contribution in [3.8, 4) is 0 Å². The van der Waals surface area contributed by atoms with Crippen LogP contribution >= 0.6 is 0 Å². The molecule has 0 unspecified atom stereocenters. The van der Waals surface area contributed by atoms with Crippen molar-refractivity contribution in [2.45, 2.75) is 6.42 Å². The predicted octanol–water partition coefficient (Wildman–Crippen LogP) is 1.17. The number of rotatable bonds is 0. The fourth-order valence-electron chi connectivity index (χ4n) is 1.16. The largest absolute Gasteiger partial charge is 0.304 e. The van der Waals surface area contributed by atoms with Gasteiger partial charge in [-0.15, -0.1) is 5.43 Å².